The molecule has 2 amide bonds. The molecule has 30 heavy (non-hydrogen) atoms. The summed E-state index contributed by atoms with van der Waals surface area (Å²) in [5.74, 6) is 0.144. The summed E-state index contributed by atoms with van der Waals surface area (Å²) in [5.41, 5.74) is 2.81. The van der Waals surface area contributed by atoms with Crippen LogP contribution in [0.4, 0.5) is 5.69 Å². The Labute approximate surface area is 179 Å². The van der Waals surface area contributed by atoms with Gasteiger partial charge >= 0.3 is 0 Å². The van der Waals surface area contributed by atoms with Crippen molar-refractivity contribution < 1.29 is 14.3 Å². The SMILES string of the molecule is CSc1ccc(CNC(=O)c2ccc3c(c2)NC(=O)/C(=C/c2ccccc2)O3)cc1. The minimum Gasteiger partial charge on any atom is -0.449 e. The lowest BCUT2D eigenvalue weighted by molar-refractivity contribution is -0.115. The molecule has 0 spiro atoms. The van der Waals surface area contributed by atoms with Crippen molar-refractivity contribution in [2.24, 2.45) is 0 Å². The molecule has 0 unspecified atom stereocenters. The van der Waals surface area contributed by atoms with Crippen molar-refractivity contribution in [3.63, 3.8) is 0 Å². The molecule has 0 saturated heterocycles. The molecule has 0 atom stereocenters. The van der Waals surface area contributed by atoms with Gasteiger partial charge in [0.1, 0.15) is 0 Å². The number of benzene rings is 3. The number of carbonyl (C=O) groups is 2. The second kappa shape index (κ2) is 8.88. The van der Waals surface area contributed by atoms with Gasteiger partial charge in [0.2, 0.25) is 0 Å². The third kappa shape index (κ3) is 4.55. The van der Waals surface area contributed by atoms with Crippen LogP contribution in [0.5, 0.6) is 5.75 Å². The molecule has 2 N–H and O–H groups in total. The topological polar surface area (TPSA) is 67.4 Å². The van der Waals surface area contributed by atoms with Crippen molar-refractivity contribution in [2.45, 2.75) is 11.4 Å². The zero-order chi connectivity index (χ0) is 20.9. The van der Waals surface area contributed by atoms with E-state index in [-0.39, 0.29) is 17.6 Å². The van der Waals surface area contributed by atoms with E-state index >= 15 is 0 Å². The molecule has 3 aromatic rings. The van der Waals surface area contributed by atoms with Gasteiger partial charge in [0.15, 0.2) is 11.5 Å². The first kappa shape index (κ1) is 19.8. The number of carbonyl (C=O) groups excluding carboxylic acids is 2. The van der Waals surface area contributed by atoms with Crippen LogP contribution in [-0.4, -0.2) is 18.1 Å². The summed E-state index contributed by atoms with van der Waals surface area (Å²) < 4.78 is 5.75. The Hall–Kier alpha value is -3.51. The molecule has 5 nitrogen and oxygen atoms in total. The van der Waals surface area contributed by atoms with Crippen LogP contribution in [0.1, 0.15) is 21.5 Å². The lowest BCUT2D eigenvalue weighted by Crippen LogP contribution is -2.25. The van der Waals surface area contributed by atoms with Crippen molar-refractivity contribution in [1.82, 2.24) is 5.32 Å². The van der Waals surface area contributed by atoms with Crippen LogP contribution in [0.3, 0.4) is 0 Å². The normalized spacial score (nSPS) is 13.9. The van der Waals surface area contributed by atoms with E-state index in [4.69, 9.17) is 4.74 Å². The van der Waals surface area contributed by atoms with Gasteiger partial charge in [-0.2, -0.15) is 0 Å². The van der Waals surface area contributed by atoms with Gasteiger partial charge in [0.25, 0.3) is 11.8 Å². The van der Waals surface area contributed by atoms with Crippen LogP contribution in [0, 0.1) is 0 Å². The first-order chi connectivity index (χ1) is 14.6. The Bertz CT molecular complexity index is 1110. The van der Waals surface area contributed by atoms with Crippen molar-refractivity contribution in [3.8, 4) is 5.75 Å². The number of fused-ring (bicyclic) bond motifs is 1. The summed E-state index contributed by atoms with van der Waals surface area (Å²) in [5, 5.41) is 5.70. The quantitative estimate of drug-likeness (QED) is 0.467. The molecule has 0 saturated carbocycles. The van der Waals surface area contributed by atoms with Crippen LogP contribution in [0.25, 0.3) is 6.08 Å². The van der Waals surface area contributed by atoms with Crippen LogP contribution in [0.15, 0.2) is 83.5 Å². The molecule has 150 valence electrons. The van der Waals surface area contributed by atoms with Gasteiger partial charge in [-0.3, -0.25) is 9.59 Å². The largest absolute Gasteiger partial charge is 0.449 e. The summed E-state index contributed by atoms with van der Waals surface area (Å²) in [6.45, 7) is 0.428. The second-order valence-electron chi connectivity index (χ2n) is 6.72. The van der Waals surface area contributed by atoms with Gasteiger partial charge < -0.3 is 15.4 Å². The molecular weight excluding hydrogens is 396 g/mol. The Morgan fingerprint density at radius 2 is 1.83 bits per heavy atom. The van der Waals surface area contributed by atoms with Crippen LogP contribution < -0.4 is 15.4 Å². The maximum atomic E-state index is 12.5. The first-order valence-electron chi connectivity index (χ1n) is 9.43. The van der Waals surface area contributed by atoms with E-state index in [1.54, 1.807) is 36.0 Å². The molecule has 0 aliphatic carbocycles. The maximum absolute atomic E-state index is 12.5. The van der Waals surface area contributed by atoms with Crippen molar-refractivity contribution in [2.75, 3.05) is 11.6 Å². The van der Waals surface area contributed by atoms with Crippen LogP contribution >= 0.6 is 11.8 Å². The number of rotatable bonds is 5. The number of nitrogens with one attached hydrogen (secondary N) is 2. The van der Waals surface area contributed by atoms with E-state index in [9.17, 15) is 9.59 Å². The maximum Gasteiger partial charge on any atom is 0.291 e. The Morgan fingerprint density at radius 3 is 2.57 bits per heavy atom. The van der Waals surface area contributed by atoms with Gasteiger partial charge in [-0.05, 0) is 53.8 Å². The number of thioether (sulfide) groups is 1. The molecular formula is C24H20N2O3S. The van der Waals surface area contributed by atoms with Crippen molar-refractivity contribution in [3.05, 3.63) is 95.2 Å². The lowest BCUT2D eigenvalue weighted by Gasteiger charge is -2.20. The summed E-state index contributed by atoms with van der Waals surface area (Å²) in [6, 6.07) is 22.5. The summed E-state index contributed by atoms with van der Waals surface area (Å²) in [4.78, 5) is 26.1. The minimum absolute atomic E-state index is 0.208. The number of hydrogen-bond acceptors (Lipinski definition) is 4. The average molecular weight is 417 g/mol. The molecule has 0 fully saturated rings. The Morgan fingerprint density at radius 1 is 1.07 bits per heavy atom. The highest BCUT2D eigenvalue weighted by Gasteiger charge is 2.23. The van der Waals surface area contributed by atoms with Crippen LogP contribution in [0.2, 0.25) is 0 Å². The highest BCUT2D eigenvalue weighted by Crippen LogP contribution is 2.32. The van der Waals surface area contributed by atoms with Gasteiger partial charge in [0, 0.05) is 17.0 Å². The fourth-order valence-corrected chi connectivity index (χ4v) is 3.44. The molecule has 4 rings (SSSR count). The molecule has 0 radical (unpaired) electrons. The highest BCUT2D eigenvalue weighted by molar-refractivity contribution is 7.98. The van der Waals surface area contributed by atoms with E-state index in [0.717, 1.165) is 11.1 Å². The number of ether oxygens (including phenoxy) is 1. The molecule has 1 aliphatic rings. The third-order valence-electron chi connectivity index (χ3n) is 4.64. The van der Waals surface area contributed by atoms with E-state index in [1.807, 2.05) is 60.9 Å². The molecule has 1 heterocycles. The molecule has 0 bridgehead atoms. The van der Waals surface area contributed by atoms with E-state index < -0.39 is 0 Å². The Kier molecular flexibility index (Phi) is 5.86. The molecule has 6 heteroatoms. The average Bonchev–Trinajstić information content (AvgIpc) is 2.78. The van der Waals surface area contributed by atoms with Crippen molar-refractivity contribution in [1.29, 1.82) is 0 Å². The van der Waals surface area contributed by atoms with Gasteiger partial charge in [0.05, 0.1) is 5.69 Å². The van der Waals surface area contributed by atoms with Gasteiger partial charge in [-0.15, -0.1) is 11.8 Å². The van der Waals surface area contributed by atoms with E-state index in [0.29, 0.717) is 23.5 Å². The molecule has 3 aromatic carbocycles. The number of hydrogen-bond donors (Lipinski definition) is 2. The summed E-state index contributed by atoms with van der Waals surface area (Å²) >= 11 is 1.67. The first-order valence-corrected chi connectivity index (χ1v) is 10.7. The number of anilines is 1. The van der Waals surface area contributed by atoms with Crippen molar-refractivity contribution >= 4 is 35.3 Å². The standard InChI is InChI=1S/C24H20N2O3S/c1-30-19-10-7-17(8-11-19)15-25-23(27)18-9-12-21-20(14-18)26-24(28)22(29-21)13-16-5-3-2-4-6-16/h2-14H,15H2,1H3,(H,25,27)(H,26,28)/b22-13-. The fourth-order valence-electron chi connectivity index (χ4n) is 3.03. The van der Waals surface area contributed by atoms with E-state index in [1.165, 1.54) is 4.90 Å². The zero-order valence-corrected chi connectivity index (χ0v) is 17.2. The predicted octanol–water partition coefficient (Wildman–Crippen LogP) is 4.71. The van der Waals surface area contributed by atoms with E-state index in [2.05, 4.69) is 10.6 Å². The highest BCUT2D eigenvalue weighted by atomic mass is 32.2. The smallest absolute Gasteiger partial charge is 0.291 e. The van der Waals surface area contributed by atoms with Crippen LogP contribution in [-0.2, 0) is 11.3 Å². The molecule has 0 aromatic heterocycles. The summed E-state index contributed by atoms with van der Waals surface area (Å²) in [6.07, 6.45) is 3.71. The van der Waals surface area contributed by atoms with Gasteiger partial charge in [-0.1, -0.05) is 42.5 Å². The second-order valence-corrected chi connectivity index (χ2v) is 7.60. The predicted molar refractivity (Wildman–Crippen MR) is 120 cm³/mol. The summed E-state index contributed by atoms with van der Waals surface area (Å²) in [7, 11) is 0. The van der Waals surface area contributed by atoms with Gasteiger partial charge in [-0.25, -0.2) is 0 Å². The third-order valence-corrected chi connectivity index (χ3v) is 5.39. The lowest BCUT2D eigenvalue weighted by atomic mass is 10.1. The monoisotopic (exact) mass is 416 g/mol. The minimum atomic E-state index is -0.349. The number of amides is 2. The fraction of sp³-hybridized carbons (Fsp3) is 0.0833. The molecule has 1 aliphatic heterocycles. The zero-order valence-electron chi connectivity index (χ0n) is 16.3. The Balaban J connectivity index is 1.45.